The van der Waals surface area contributed by atoms with E-state index in [-0.39, 0.29) is 5.91 Å². The summed E-state index contributed by atoms with van der Waals surface area (Å²) >= 11 is 7.54. The quantitative estimate of drug-likeness (QED) is 0.651. The highest BCUT2D eigenvalue weighted by Crippen LogP contribution is 2.25. The number of halogens is 1. The van der Waals surface area contributed by atoms with Gasteiger partial charge in [-0.3, -0.25) is 4.79 Å². The third-order valence-electron chi connectivity index (χ3n) is 4.43. The highest BCUT2D eigenvalue weighted by molar-refractivity contribution is 7.10. The molecule has 7 heteroatoms. The minimum absolute atomic E-state index is 0.169. The fourth-order valence-corrected chi connectivity index (χ4v) is 4.00. The Kier molecular flexibility index (Phi) is 5.69. The van der Waals surface area contributed by atoms with E-state index in [1.54, 1.807) is 5.51 Å². The second-order valence-corrected chi connectivity index (χ2v) is 7.85. The van der Waals surface area contributed by atoms with Gasteiger partial charge in [-0.1, -0.05) is 59.2 Å². The summed E-state index contributed by atoms with van der Waals surface area (Å²) in [5.74, 6) is -0.169. The van der Waals surface area contributed by atoms with E-state index in [0.29, 0.717) is 24.4 Å². The number of benzene rings is 2. The molecule has 28 heavy (non-hydrogen) atoms. The van der Waals surface area contributed by atoms with E-state index in [4.69, 9.17) is 16.4 Å². The van der Waals surface area contributed by atoms with Crippen molar-refractivity contribution in [3.8, 4) is 11.3 Å². The van der Waals surface area contributed by atoms with Crippen molar-refractivity contribution in [2.75, 3.05) is 0 Å². The minimum Gasteiger partial charge on any atom is -0.382 e. The molecule has 1 atom stereocenters. The number of nitrogens with zero attached hydrogens (tertiary/aromatic N) is 2. The molecule has 0 aliphatic carbocycles. The van der Waals surface area contributed by atoms with Crippen molar-refractivity contribution in [1.29, 1.82) is 0 Å². The second-order valence-electron chi connectivity index (χ2n) is 6.47. The van der Waals surface area contributed by atoms with Crippen LogP contribution in [0.5, 0.6) is 0 Å². The molecular formula is C21H18ClN3O2S. The summed E-state index contributed by atoms with van der Waals surface area (Å²) in [5.41, 5.74) is 5.62. The maximum absolute atomic E-state index is 12.5. The number of rotatable bonds is 6. The summed E-state index contributed by atoms with van der Waals surface area (Å²) in [4.78, 5) is 23.3. The van der Waals surface area contributed by atoms with Crippen LogP contribution >= 0.6 is 22.9 Å². The minimum atomic E-state index is -0.595. The maximum atomic E-state index is 12.5. The highest BCUT2D eigenvalue weighted by atomic mass is 35.5. The van der Waals surface area contributed by atoms with Crippen molar-refractivity contribution in [1.82, 2.24) is 10.3 Å². The SMILES string of the molecule is O=C(NCc1scnc1-c1ccccc1)[C@@H]1CC(Cc2cccc(Cl)c2)=NO1. The molecule has 5 nitrogen and oxygen atoms in total. The van der Waals surface area contributed by atoms with Gasteiger partial charge in [-0.15, -0.1) is 11.3 Å². The highest BCUT2D eigenvalue weighted by Gasteiger charge is 2.28. The van der Waals surface area contributed by atoms with Gasteiger partial charge in [0.1, 0.15) is 0 Å². The number of carbonyl (C=O) groups excluding carboxylic acids is 1. The molecule has 0 bridgehead atoms. The first-order valence-electron chi connectivity index (χ1n) is 8.90. The molecule has 1 aromatic heterocycles. The Hall–Kier alpha value is -2.70. The lowest BCUT2D eigenvalue weighted by Gasteiger charge is -2.09. The van der Waals surface area contributed by atoms with E-state index in [1.807, 2.05) is 54.6 Å². The molecule has 142 valence electrons. The van der Waals surface area contributed by atoms with Crippen molar-refractivity contribution < 1.29 is 9.63 Å². The van der Waals surface area contributed by atoms with Crippen molar-refractivity contribution >= 4 is 34.6 Å². The average Bonchev–Trinajstić information content (AvgIpc) is 3.36. The summed E-state index contributed by atoms with van der Waals surface area (Å²) in [6.45, 7) is 0.414. The van der Waals surface area contributed by atoms with Crippen LogP contribution in [0.4, 0.5) is 0 Å². The molecule has 1 aliphatic rings. The van der Waals surface area contributed by atoms with Crippen LogP contribution in [0.1, 0.15) is 16.9 Å². The van der Waals surface area contributed by atoms with Crippen LogP contribution < -0.4 is 5.32 Å². The Balaban J connectivity index is 1.32. The largest absolute Gasteiger partial charge is 0.382 e. The molecule has 0 saturated heterocycles. The van der Waals surface area contributed by atoms with Crippen LogP contribution in [-0.4, -0.2) is 22.7 Å². The van der Waals surface area contributed by atoms with Crippen molar-refractivity contribution in [3.05, 3.63) is 75.6 Å². The molecule has 0 unspecified atom stereocenters. The van der Waals surface area contributed by atoms with Crippen molar-refractivity contribution in [3.63, 3.8) is 0 Å². The predicted octanol–water partition coefficient (Wildman–Crippen LogP) is 4.47. The van der Waals surface area contributed by atoms with Crippen LogP contribution in [0.25, 0.3) is 11.3 Å². The molecule has 1 N–H and O–H groups in total. The molecule has 0 spiro atoms. The van der Waals surface area contributed by atoms with Gasteiger partial charge >= 0.3 is 0 Å². The fraction of sp³-hybridized carbons (Fsp3) is 0.190. The van der Waals surface area contributed by atoms with Gasteiger partial charge < -0.3 is 10.2 Å². The zero-order chi connectivity index (χ0) is 19.3. The Morgan fingerprint density at radius 1 is 1.21 bits per heavy atom. The monoisotopic (exact) mass is 411 g/mol. The van der Waals surface area contributed by atoms with Gasteiger partial charge in [-0.05, 0) is 17.7 Å². The topological polar surface area (TPSA) is 63.6 Å². The van der Waals surface area contributed by atoms with E-state index in [0.717, 1.165) is 27.4 Å². The van der Waals surface area contributed by atoms with Gasteiger partial charge in [-0.2, -0.15) is 0 Å². The summed E-state index contributed by atoms with van der Waals surface area (Å²) in [6, 6.07) is 17.5. The molecule has 1 aliphatic heterocycles. The number of amides is 1. The lowest BCUT2D eigenvalue weighted by atomic mass is 10.0. The smallest absolute Gasteiger partial charge is 0.264 e. The Morgan fingerprint density at radius 3 is 2.89 bits per heavy atom. The predicted molar refractivity (Wildman–Crippen MR) is 111 cm³/mol. The number of thiazole rings is 1. The first-order chi connectivity index (χ1) is 13.7. The fourth-order valence-electron chi connectivity index (χ4n) is 3.06. The molecule has 1 amide bonds. The van der Waals surface area contributed by atoms with Gasteiger partial charge in [0, 0.05) is 23.4 Å². The standard InChI is InChI=1S/C21H18ClN3O2S/c22-16-8-4-5-14(9-16)10-17-11-18(27-25-17)21(26)23-12-19-20(24-13-28-19)15-6-2-1-3-7-15/h1-9,13,18H,10-12H2,(H,23,26)/t18-/m0/s1. The molecule has 2 heterocycles. The third kappa shape index (κ3) is 4.40. The molecule has 4 rings (SSSR count). The molecule has 2 aromatic carbocycles. The number of hydrogen-bond donors (Lipinski definition) is 1. The molecule has 0 radical (unpaired) electrons. The van der Waals surface area contributed by atoms with E-state index in [9.17, 15) is 4.79 Å². The molecule has 0 saturated carbocycles. The number of oxime groups is 1. The third-order valence-corrected chi connectivity index (χ3v) is 5.50. The number of carbonyl (C=O) groups is 1. The lowest BCUT2D eigenvalue weighted by molar-refractivity contribution is -0.131. The average molecular weight is 412 g/mol. The first kappa shape index (κ1) is 18.7. The Morgan fingerprint density at radius 2 is 2.07 bits per heavy atom. The van der Waals surface area contributed by atoms with Gasteiger partial charge in [0.25, 0.3) is 5.91 Å². The molecule has 0 fully saturated rings. The normalized spacial score (nSPS) is 15.8. The number of aromatic nitrogens is 1. The van der Waals surface area contributed by atoms with Gasteiger partial charge in [0.15, 0.2) is 0 Å². The lowest BCUT2D eigenvalue weighted by Crippen LogP contribution is -2.34. The molecule has 3 aromatic rings. The summed E-state index contributed by atoms with van der Waals surface area (Å²) in [7, 11) is 0. The summed E-state index contributed by atoms with van der Waals surface area (Å²) < 4.78 is 0. The van der Waals surface area contributed by atoms with Crippen molar-refractivity contribution in [2.24, 2.45) is 5.16 Å². The van der Waals surface area contributed by atoms with Crippen LogP contribution in [0.15, 0.2) is 65.3 Å². The Bertz CT molecular complexity index is 1000. The van der Waals surface area contributed by atoms with Crippen molar-refractivity contribution in [2.45, 2.75) is 25.5 Å². The second kappa shape index (κ2) is 8.54. The first-order valence-corrected chi connectivity index (χ1v) is 10.2. The van der Waals surface area contributed by atoms with Crippen LogP contribution in [0, 0.1) is 0 Å². The number of nitrogens with one attached hydrogen (secondary N) is 1. The van der Waals surface area contributed by atoms with E-state index in [1.165, 1.54) is 11.3 Å². The summed E-state index contributed by atoms with van der Waals surface area (Å²) in [6.07, 6.45) is 0.506. The summed E-state index contributed by atoms with van der Waals surface area (Å²) in [5, 5.41) is 7.70. The van der Waals surface area contributed by atoms with E-state index >= 15 is 0 Å². The zero-order valence-electron chi connectivity index (χ0n) is 15.0. The zero-order valence-corrected chi connectivity index (χ0v) is 16.5. The van der Waals surface area contributed by atoms with E-state index in [2.05, 4.69) is 15.5 Å². The molecular weight excluding hydrogens is 394 g/mol. The van der Waals surface area contributed by atoms with Crippen LogP contribution in [0.3, 0.4) is 0 Å². The van der Waals surface area contributed by atoms with Crippen LogP contribution in [-0.2, 0) is 22.6 Å². The van der Waals surface area contributed by atoms with Gasteiger partial charge in [0.05, 0.1) is 28.3 Å². The van der Waals surface area contributed by atoms with Crippen LogP contribution in [0.2, 0.25) is 5.02 Å². The van der Waals surface area contributed by atoms with Gasteiger partial charge in [-0.25, -0.2) is 4.98 Å². The number of hydrogen-bond acceptors (Lipinski definition) is 5. The maximum Gasteiger partial charge on any atom is 0.264 e. The van der Waals surface area contributed by atoms with E-state index < -0.39 is 6.10 Å². The van der Waals surface area contributed by atoms with Gasteiger partial charge in [0.2, 0.25) is 6.10 Å². The Labute approximate surface area is 172 Å².